The lowest BCUT2D eigenvalue weighted by Gasteiger charge is -2.14. The van der Waals surface area contributed by atoms with Gasteiger partial charge in [-0.05, 0) is 24.6 Å². The number of benzene rings is 1. The van der Waals surface area contributed by atoms with Crippen LogP contribution in [0, 0.1) is 0 Å². The van der Waals surface area contributed by atoms with Gasteiger partial charge in [0.1, 0.15) is 12.4 Å². The molecule has 0 atom stereocenters. The first-order valence-electron chi connectivity index (χ1n) is 6.34. The second-order valence-corrected chi connectivity index (χ2v) is 5.02. The monoisotopic (exact) mass is 362 g/mol. The lowest BCUT2D eigenvalue weighted by Crippen LogP contribution is -2.09. The molecule has 21 heavy (non-hydrogen) atoms. The van der Waals surface area contributed by atoms with Crippen LogP contribution >= 0.6 is 15.9 Å². The molecule has 0 amide bonds. The minimum Gasteiger partial charge on any atom is -0.488 e. The smallest absolute Gasteiger partial charge is 0.419 e. The van der Waals surface area contributed by atoms with Crippen LogP contribution in [0.3, 0.4) is 0 Å². The number of aryl methyl sites for hydroxylation is 1. The number of nitrogens with zero attached hydrogens (tertiary/aromatic N) is 2. The van der Waals surface area contributed by atoms with Crippen LogP contribution in [0.25, 0.3) is 0 Å². The van der Waals surface area contributed by atoms with E-state index in [1.54, 1.807) is 23.1 Å². The lowest BCUT2D eigenvalue weighted by molar-refractivity contribution is -0.139. The number of rotatable bonds is 5. The van der Waals surface area contributed by atoms with Crippen molar-refractivity contribution in [1.82, 2.24) is 9.78 Å². The zero-order valence-electron chi connectivity index (χ0n) is 11.3. The number of alkyl halides is 4. The molecular formula is C14H14BrF3N2O. The van der Waals surface area contributed by atoms with Crippen molar-refractivity contribution in [2.24, 2.45) is 0 Å². The third-order valence-electron chi connectivity index (χ3n) is 2.91. The number of halogens is 4. The number of hydrogen-bond acceptors (Lipinski definition) is 2. The molecule has 1 aromatic heterocycles. The summed E-state index contributed by atoms with van der Waals surface area (Å²) in [5.41, 5.74) is 0.519. The number of aromatic nitrogens is 2. The molecule has 0 aliphatic carbocycles. The van der Waals surface area contributed by atoms with Crippen LogP contribution in [-0.2, 0) is 24.7 Å². The van der Waals surface area contributed by atoms with Crippen LogP contribution < -0.4 is 4.74 Å². The summed E-state index contributed by atoms with van der Waals surface area (Å²) in [6, 6.07) is 4.05. The Morgan fingerprint density at radius 3 is 2.62 bits per heavy atom. The predicted octanol–water partition coefficient (Wildman–Crippen LogP) is 4.40. The average molecular weight is 363 g/mol. The normalized spacial score (nSPS) is 11.7. The molecule has 0 spiro atoms. The average Bonchev–Trinajstić information content (AvgIpc) is 2.92. The van der Waals surface area contributed by atoms with Crippen LogP contribution in [0.2, 0.25) is 0 Å². The van der Waals surface area contributed by atoms with Gasteiger partial charge in [0.15, 0.2) is 0 Å². The van der Waals surface area contributed by atoms with Crippen molar-refractivity contribution >= 4 is 15.9 Å². The molecule has 0 saturated carbocycles. The van der Waals surface area contributed by atoms with Crippen molar-refractivity contribution in [3.63, 3.8) is 0 Å². The summed E-state index contributed by atoms with van der Waals surface area (Å²) in [6.07, 6.45) is -1.11. The van der Waals surface area contributed by atoms with Crippen LogP contribution in [0.4, 0.5) is 13.2 Å². The summed E-state index contributed by atoms with van der Waals surface area (Å²) in [7, 11) is 0. The van der Waals surface area contributed by atoms with Crippen LogP contribution in [0.5, 0.6) is 5.75 Å². The summed E-state index contributed by atoms with van der Waals surface area (Å²) >= 11 is 3.15. The molecule has 0 aliphatic heterocycles. The van der Waals surface area contributed by atoms with Gasteiger partial charge in [0.05, 0.1) is 11.8 Å². The Morgan fingerprint density at radius 2 is 2.05 bits per heavy atom. The minimum absolute atomic E-state index is 0.0523. The zero-order chi connectivity index (χ0) is 15.5. The summed E-state index contributed by atoms with van der Waals surface area (Å²) in [5, 5.41) is 4.41. The first-order chi connectivity index (χ1) is 9.94. The van der Waals surface area contributed by atoms with Gasteiger partial charge in [-0.25, -0.2) is 0 Å². The van der Waals surface area contributed by atoms with E-state index in [0.717, 1.165) is 11.6 Å². The van der Waals surface area contributed by atoms with Crippen LogP contribution in [0.15, 0.2) is 30.6 Å². The van der Waals surface area contributed by atoms with E-state index < -0.39 is 11.7 Å². The molecule has 2 aromatic rings. The first-order valence-corrected chi connectivity index (χ1v) is 7.46. The Labute approximate surface area is 128 Å². The Balaban J connectivity index is 2.19. The Bertz CT molecular complexity index is 611. The third-order valence-corrected chi connectivity index (χ3v) is 3.56. The molecular weight excluding hydrogens is 349 g/mol. The van der Waals surface area contributed by atoms with Gasteiger partial charge in [-0.3, -0.25) is 4.68 Å². The van der Waals surface area contributed by atoms with E-state index in [4.69, 9.17) is 4.74 Å². The van der Waals surface area contributed by atoms with Gasteiger partial charge in [-0.1, -0.05) is 22.0 Å². The van der Waals surface area contributed by atoms with E-state index in [-0.39, 0.29) is 12.4 Å². The first kappa shape index (κ1) is 15.9. The fourth-order valence-electron chi connectivity index (χ4n) is 1.82. The molecule has 1 heterocycles. The molecule has 0 N–H and O–H groups in total. The molecule has 2 rings (SSSR count). The summed E-state index contributed by atoms with van der Waals surface area (Å²) in [6.45, 7) is 2.68. The van der Waals surface area contributed by atoms with Gasteiger partial charge in [0.2, 0.25) is 0 Å². The molecule has 0 bridgehead atoms. The molecule has 0 saturated heterocycles. The molecule has 0 aliphatic rings. The van der Waals surface area contributed by atoms with Gasteiger partial charge < -0.3 is 4.74 Å². The third kappa shape index (κ3) is 4.00. The summed E-state index contributed by atoms with van der Waals surface area (Å²) in [5.74, 6) is -0.170. The second kappa shape index (κ2) is 6.51. The fourth-order valence-corrected chi connectivity index (χ4v) is 2.17. The molecule has 0 unspecified atom stereocenters. The maximum atomic E-state index is 13.0. The highest BCUT2D eigenvalue weighted by atomic mass is 79.9. The zero-order valence-corrected chi connectivity index (χ0v) is 12.9. The van der Waals surface area contributed by atoms with E-state index in [1.165, 1.54) is 6.07 Å². The molecule has 7 heteroatoms. The topological polar surface area (TPSA) is 27.1 Å². The highest BCUT2D eigenvalue weighted by Gasteiger charge is 2.34. The van der Waals surface area contributed by atoms with Gasteiger partial charge >= 0.3 is 6.18 Å². The maximum Gasteiger partial charge on any atom is 0.419 e. The predicted molar refractivity (Wildman–Crippen MR) is 76.3 cm³/mol. The highest BCUT2D eigenvalue weighted by Crippen LogP contribution is 2.37. The Morgan fingerprint density at radius 1 is 1.29 bits per heavy atom. The molecule has 3 nitrogen and oxygen atoms in total. The van der Waals surface area contributed by atoms with E-state index in [1.807, 2.05) is 6.92 Å². The van der Waals surface area contributed by atoms with E-state index in [0.29, 0.717) is 17.4 Å². The largest absolute Gasteiger partial charge is 0.488 e. The van der Waals surface area contributed by atoms with Gasteiger partial charge in [0, 0.05) is 23.6 Å². The van der Waals surface area contributed by atoms with Gasteiger partial charge in [-0.2, -0.15) is 18.3 Å². The SMILES string of the molecule is CCn1cc(COc2ccc(CBr)cc2C(F)(F)F)cn1. The standard InChI is InChI=1S/C14H14BrF3N2O/c1-2-20-8-11(7-19-20)9-21-13-4-3-10(6-15)5-12(13)14(16,17)18/h3-5,7-8H,2,6,9H2,1H3. The summed E-state index contributed by atoms with van der Waals surface area (Å²) in [4.78, 5) is 0. The van der Waals surface area contributed by atoms with Crippen LogP contribution in [-0.4, -0.2) is 9.78 Å². The van der Waals surface area contributed by atoms with Crippen molar-refractivity contribution in [1.29, 1.82) is 0 Å². The Kier molecular flexibility index (Phi) is 4.92. The summed E-state index contributed by atoms with van der Waals surface area (Å²) < 4.78 is 46.1. The number of ether oxygens (including phenoxy) is 1. The van der Waals surface area contributed by atoms with Crippen molar-refractivity contribution in [3.05, 3.63) is 47.3 Å². The molecule has 0 radical (unpaired) electrons. The number of hydrogen-bond donors (Lipinski definition) is 0. The van der Waals surface area contributed by atoms with E-state index >= 15 is 0 Å². The van der Waals surface area contributed by atoms with E-state index in [2.05, 4.69) is 21.0 Å². The van der Waals surface area contributed by atoms with E-state index in [9.17, 15) is 13.2 Å². The highest BCUT2D eigenvalue weighted by molar-refractivity contribution is 9.08. The van der Waals surface area contributed by atoms with Crippen molar-refractivity contribution in [2.45, 2.75) is 31.6 Å². The lowest BCUT2D eigenvalue weighted by atomic mass is 10.1. The second-order valence-electron chi connectivity index (χ2n) is 4.45. The van der Waals surface area contributed by atoms with Crippen LogP contribution in [0.1, 0.15) is 23.6 Å². The maximum absolute atomic E-state index is 13.0. The molecule has 1 aromatic carbocycles. The Hall–Kier alpha value is -1.50. The fraction of sp³-hybridized carbons (Fsp3) is 0.357. The van der Waals surface area contributed by atoms with Crippen molar-refractivity contribution in [3.8, 4) is 5.75 Å². The van der Waals surface area contributed by atoms with Crippen molar-refractivity contribution < 1.29 is 17.9 Å². The minimum atomic E-state index is -4.44. The molecule has 114 valence electrons. The molecule has 0 fully saturated rings. The van der Waals surface area contributed by atoms with Gasteiger partial charge in [-0.15, -0.1) is 0 Å². The van der Waals surface area contributed by atoms with Crippen molar-refractivity contribution in [2.75, 3.05) is 0 Å². The van der Waals surface area contributed by atoms with Gasteiger partial charge in [0.25, 0.3) is 0 Å². The quantitative estimate of drug-likeness (QED) is 0.737.